The van der Waals surface area contributed by atoms with Gasteiger partial charge < -0.3 is 24.8 Å². The van der Waals surface area contributed by atoms with Crippen molar-refractivity contribution in [3.63, 3.8) is 0 Å². The number of anilines is 2. The number of hydrogen-bond acceptors (Lipinski definition) is 8. The van der Waals surface area contributed by atoms with Gasteiger partial charge in [-0.2, -0.15) is 10.1 Å². The average Bonchev–Trinajstić information content (AvgIpc) is 3.65. The number of nitrogens with zero attached hydrogens (tertiary/aromatic N) is 5. The highest BCUT2D eigenvalue weighted by molar-refractivity contribution is 6.30. The van der Waals surface area contributed by atoms with Crippen LogP contribution in [-0.2, 0) is 0 Å². The van der Waals surface area contributed by atoms with E-state index >= 15 is 0 Å². The molecule has 0 aliphatic carbocycles. The quantitative estimate of drug-likeness (QED) is 0.208. The van der Waals surface area contributed by atoms with Crippen molar-refractivity contribution >= 4 is 45.4 Å². The number of aromatic amines is 1. The molecular weight excluding hydrogens is 528 g/mol. The molecule has 0 saturated carbocycles. The lowest BCUT2D eigenvalue weighted by atomic mass is 10.1. The van der Waals surface area contributed by atoms with Gasteiger partial charge in [-0.1, -0.05) is 11.6 Å². The first-order chi connectivity index (χ1) is 19.5. The smallest absolute Gasteiger partial charge is 0.300 e. The molecule has 1 fully saturated rings. The van der Waals surface area contributed by atoms with Crippen LogP contribution in [0, 0.1) is 13.8 Å². The van der Waals surface area contributed by atoms with Gasteiger partial charge >= 0.3 is 0 Å². The number of rotatable bonds is 6. The van der Waals surface area contributed by atoms with Crippen LogP contribution in [0.25, 0.3) is 33.4 Å². The Bertz CT molecular complexity index is 1830. The maximum Gasteiger partial charge on any atom is 0.300 e. The van der Waals surface area contributed by atoms with Gasteiger partial charge in [-0.05, 0) is 82.2 Å². The van der Waals surface area contributed by atoms with E-state index in [2.05, 4.69) is 49.1 Å². The number of H-pyrrole nitrogens is 1. The number of aromatic nitrogens is 6. The van der Waals surface area contributed by atoms with Crippen molar-refractivity contribution in [3.8, 4) is 22.9 Å². The van der Waals surface area contributed by atoms with Gasteiger partial charge in [0.05, 0.1) is 22.8 Å². The van der Waals surface area contributed by atoms with Crippen molar-refractivity contribution < 1.29 is 9.15 Å². The highest BCUT2D eigenvalue weighted by Gasteiger charge is 2.23. The third kappa shape index (κ3) is 4.55. The number of aryl methyl sites for hydroxylation is 1. The van der Waals surface area contributed by atoms with E-state index in [0.717, 1.165) is 59.7 Å². The Morgan fingerprint density at radius 1 is 1.05 bits per heavy atom. The second-order valence-electron chi connectivity index (χ2n) is 9.98. The van der Waals surface area contributed by atoms with Gasteiger partial charge in [-0.3, -0.25) is 4.68 Å². The largest absolute Gasteiger partial charge is 0.438 e. The second kappa shape index (κ2) is 9.96. The third-order valence-corrected chi connectivity index (χ3v) is 7.56. The van der Waals surface area contributed by atoms with E-state index in [4.69, 9.17) is 25.9 Å². The van der Waals surface area contributed by atoms with Crippen molar-refractivity contribution in [2.45, 2.75) is 32.7 Å². The fourth-order valence-electron chi connectivity index (χ4n) is 5.39. The third-order valence-electron chi connectivity index (χ3n) is 7.31. The van der Waals surface area contributed by atoms with Crippen LogP contribution in [0.4, 0.5) is 11.7 Å². The molecule has 1 aliphatic rings. The van der Waals surface area contributed by atoms with Crippen LogP contribution in [0.5, 0.6) is 11.6 Å². The summed E-state index contributed by atoms with van der Waals surface area (Å²) < 4.78 is 14.3. The van der Waals surface area contributed by atoms with Crippen LogP contribution >= 0.6 is 11.6 Å². The standard InChI is InChI=1S/C29H27ClN8O2/c1-16-26(17(2)38(37-16)20-9-11-31-12-10-20)24-14-22-27(35-24)32-15-33-28(22)39-21-7-8-25-23(13-21)36-29(40-25)34-19-5-3-18(30)4-6-19/h3-8,13-15,20,31H,9-12H2,1-2H3,(H,34,36)(H,32,33,35). The van der Waals surface area contributed by atoms with Crippen molar-refractivity contribution in [1.82, 2.24) is 35.0 Å². The van der Waals surface area contributed by atoms with Gasteiger partial charge in [0.1, 0.15) is 23.2 Å². The van der Waals surface area contributed by atoms with Crippen molar-refractivity contribution in [1.29, 1.82) is 0 Å². The van der Waals surface area contributed by atoms with E-state index in [-0.39, 0.29) is 0 Å². The number of oxazole rings is 1. The first-order valence-corrected chi connectivity index (χ1v) is 13.6. The molecule has 7 rings (SSSR count). The molecule has 0 atom stereocenters. The number of ether oxygens (including phenoxy) is 1. The maximum atomic E-state index is 6.23. The Balaban J connectivity index is 1.17. The molecule has 2 aromatic carbocycles. The van der Waals surface area contributed by atoms with Gasteiger partial charge in [0.25, 0.3) is 6.01 Å². The first kappa shape index (κ1) is 24.6. The van der Waals surface area contributed by atoms with Gasteiger partial charge in [0, 0.05) is 28.0 Å². The summed E-state index contributed by atoms with van der Waals surface area (Å²) in [5.41, 5.74) is 6.98. The normalized spacial score (nSPS) is 14.3. The lowest BCUT2D eigenvalue weighted by molar-refractivity contribution is 0.337. The zero-order valence-electron chi connectivity index (χ0n) is 22.0. The number of piperidine rings is 1. The van der Waals surface area contributed by atoms with E-state index in [1.807, 2.05) is 36.4 Å². The van der Waals surface area contributed by atoms with E-state index in [0.29, 0.717) is 45.5 Å². The zero-order valence-corrected chi connectivity index (χ0v) is 22.8. The number of fused-ring (bicyclic) bond motifs is 2. The fraction of sp³-hybridized carbons (Fsp3) is 0.241. The Morgan fingerprint density at radius 3 is 2.70 bits per heavy atom. The van der Waals surface area contributed by atoms with Crippen LogP contribution in [0.3, 0.4) is 0 Å². The van der Waals surface area contributed by atoms with Crippen LogP contribution in [0.15, 0.2) is 59.3 Å². The second-order valence-corrected chi connectivity index (χ2v) is 10.4. The van der Waals surface area contributed by atoms with Crippen molar-refractivity contribution in [2.24, 2.45) is 0 Å². The predicted molar refractivity (Wildman–Crippen MR) is 155 cm³/mol. The summed E-state index contributed by atoms with van der Waals surface area (Å²) in [5, 5.41) is 12.9. The monoisotopic (exact) mass is 554 g/mol. The summed E-state index contributed by atoms with van der Waals surface area (Å²) in [4.78, 5) is 16.9. The molecule has 0 radical (unpaired) electrons. The molecule has 40 heavy (non-hydrogen) atoms. The molecule has 4 aromatic heterocycles. The summed E-state index contributed by atoms with van der Waals surface area (Å²) in [5.74, 6) is 1.04. The number of benzene rings is 2. The Labute approximate surface area is 234 Å². The number of halogens is 1. The molecule has 0 unspecified atom stereocenters. The predicted octanol–water partition coefficient (Wildman–Crippen LogP) is 6.69. The molecule has 5 heterocycles. The Kier molecular flexibility index (Phi) is 6.13. The van der Waals surface area contributed by atoms with Gasteiger partial charge in [-0.25, -0.2) is 9.97 Å². The first-order valence-electron chi connectivity index (χ1n) is 13.2. The summed E-state index contributed by atoms with van der Waals surface area (Å²) >= 11 is 5.98. The lowest BCUT2D eigenvalue weighted by Crippen LogP contribution is -2.30. The van der Waals surface area contributed by atoms with Crippen LogP contribution in [-0.4, -0.2) is 42.8 Å². The van der Waals surface area contributed by atoms with Crippen molar-refractivity contribution in [3.05, 3.63) is 71.3 Å². The van der Waals surface area contributed by atoms with Crippen LogP contribution in [0.1, 0.15) is 30.3 Å². The molecule has 1 saturated heterocycles. The molecule has 0 spiro atoms. The van der Waals surface area contributed by atoms with E-state index in [1.165, 1.54) is 6.33 Å². The van der Waals surface area contributed by atoms with Gasteiger partial charge in [-0.15, -0.1) is 0 Å². The van der Waals surface area contributed by atoms with Gasteiger partial charge in [0.2, 0.25) is 5.88 Å². The Hall–Kier alpha value is -4.41. The minimum absolute atomic E-state index is 0.380. The lowest BCUT2D eigenvalue weighted by Gasteiger charge is -2.24. The summed E-state index contributed by atoms with van der Waals surface area (Å²) in [6, 6.07) is 15.6. The van der Waals surface area contributed by atoms with Gasteiger partial charge in [0.15, 0.2) is 5.58 Å². The SMILES string of the molecule is Cc1nn(C2CCNCC2)c(C)c1-c1cc2c(Oc3ccc4oc(Nc5ccc(Cl)cc5)nc4c3)ncnc2[nH]1. The molecule has 0 amide bonds. The molecule has 0 bridgehead atoms. The minimum Gasteiger partial charge on any atom is -0.438 e. The maximum absolute atomic E-state index is 6.23. The van der Waals surface area contributed by atoms with E-state index in [9.17, 15) is 0 Å². The molecule has 10 nitrogen and oxygen atoms in total. The molecule has 1 aliphatic heterocycles. The summed E-state index contributed by atoms with van der Waals surface area (Å²) in [6.45, 7) is 6.22. The molecular formula is C29H27ClN8O2. The van der Waals surface area contributed by atoms with E-state index in [1.54, 1.807) is 12.1 Å². The van der Waals surface area contributed by atoms with Crippen molar-refractivity contribution in [2.75, 3.05) is 18.4 Å². The zero-order chi connectivity index (χ0) is 27.2. The summed E-state index contributed by atoms with van der Waals surface area (Å²) in [7, 11) is 0. The molecule has 202 valence electrons. The molecule has 6 aromatic rings. The number of nitrogens with one attached hydrogen (secondary N) is 3. The fourth-order valence-corrected chi connectivity index (χ4v) is 5.51. The topological polar surface area (TPSA) is 119 Å². The minimum atomic E-state index is 0.380. The molecule has 3 N–H and O–H groups in total. The molecule has 11 heteroatoms. The van der Waals surface area contributed by atoms with E-state index < -0.39 is 0 Å². The highest BCUT2D eigenvalue weighted by atomic mass is 35.5. The summed E-state index contributed by atoms with van der Waals surface area (Å²) in [6.07, 6.45) is 3.65. The highest BCUT2D eigenvalue weighted by Crippen LogP contribution is 2.35. The van der Waals surface area contributed by atoms with Crippen LogP contribution in [0.2, 0.25) is 5.02 Å². The van der Waals surface area contributed by atoms with Crippen LogP contribution < -0.4 is 15.4 Å². The average molecular weight is 555 g/mol. The number of hydrogen-bond donors (Lipinski definition) is 3. The Morgan fingerprint density at radius 2 is 1.88 bits per heavy atom.